The van der Waals surface area contributed by atoms with Crippen molar-refractivity contribution in [1.29, 1.82) is 5.26 Å². The number of hydrogen-bond donors (Lipinski definition) is 1. The molecular formula is C27H26N8O2. The van der Waals surface area contributed by atoms with Gasteiger partial charge < -0.3 is 14.6 Å². The third-order valence-corrected chi connectivity index (χ3v) is 6.43. The molecule has 0 aliphatic heterocycles. The van der Waals surface area contributed by atoms with Crippen LogP contribution in [-0.2, 0) is 24.4 Å². The molecule has 1 N–H and O–H groups in total. The topological polar surface area (TPSA) is 126 Å². The van der Waals surface area contributed by atoms with Gasteiger partial charge in [-0.05, 0) is 43.7 Å². The van der Waals surface area contributed by atoms with Gasteiger partial charge in [-0.2, -0.15) is 10.4 Å². The van der Waals surface area contributed by atoms with E-state index in [2.05, 4.69) is 21.1 Å². The number of hydrogen-bond acceptors (Lipinski definition) is 7. The van der Waals surface area contributed by atoms with Gasteiger partial charge in [-0.1, -0.05) is 6.07 Å². The molecule has 10 heteroatoms. The number of amides is 1. The number of H-pyrrole nitrogens is 1. The van der Waals surface area contributed by atoms with Crippen molar-refractivity contribution < 1.29 is 9.53 Å². The van der Waals surface area contributed by atoms with Gasteiger partial charge in [0.05, 0.1) is 35.7 Å². The molecule has 10 nitrogen and oxygen atoms in total. The fraction of sp³-hybridized carbons (Fsp3) is 0.259. The first-order valence-corrected chi connectivity index (χ1v) is 11.9. The number of methoxy groups -OCH3 is 1. The fourth-order valence-electron chi connectivity index (χ4n) is 4.46. The number of aryl methyl sites for hydroxylation is 1. The number of aromatic nitrogens is 6. The molecule has 0 aliphatic rings. The lowest BCUT2D eigenvalue weighted by molar-refractivity contribution is 0.0781. The van der Waals surface area contributed by atoms with Crippen molar-refractivity contribution >= 4 is 27.8 Å². The predicted molar refractivity (Wildman–Crippen MR) is 138 cm³/mol. The van der Waals surface area contributed by atoms with E-state index < -0.39 is 0 Å². The van der Waals surface area contributed by atoms with E-state index in [4.69, 9.17) is 14.7 Å². The second-order valence-corrected chi connectivity index (χ2v) is 8.85. The summed E-state index contributed by atoms with van der Waals surface area (Å²) in [5, 5.41) is 14.7. The van der Waals surface area contributed by atoms with Gasteiger partial charge in [0.25, 0.3) is 5.91 Å². The van der Waals surface area contributed by atoms with Crippen LogP contribution in [0.3, 0.4) is 0 Å². The summed E-state index contributed by atoms with van der Waals surface area (Å²) in [5.74, 6) is 0.113. The van der Waals surface area contributed by atoms with Gasteiger partial charge >= 0.3 is 0 Å². The second kappa shape index (κ2) is 9.79. The van der Waals surface area contributed by atoms with E-state index >= 15 is 0 Å². The number of imidazole rings is 1. The number of fused-ring (bicyclic) bond motifs is 2. The number of aromatic amines is 1. The van der Waals surface area contributed by atoms with E-state index in [1.54, 1.807) is 37.6 Å². The Morgan fingerprint density at radius 1 is 1.24 bits per heavy atom. The molecule has 0 radical (unpaired) electrons. The molecule has 5 aromatic rings. The maximum Gasteiger partial charge on any atom is 0.273 e. The van der Waals surface area contributed by atoms with E-state index in [0.717, 1.165) is 23.4 Å². The molecule has 0 atom stereocenters. The van der Waals surface area contributed by atoms with E-state index in [1.165, 1.54) is 0 Å². The van der Waals surface area contributed by atoms with Crippen molar-refractivity contribution in [3.05, 3.63) is 70.9 Å². The second-order valence-electron chi connectivity index (χ2n) is 8.85. The molecule has 0 unspecified atom stereocenters. The molecule has 2 aromatic carbocycles. The largest absolute Gasteiger partial charge is 0.380 e. The molecule has 3 heterocycles. The molecule has 5 rings (SSSR count). The number of rotatable bonds is 7. The SMILES string of the molecule is CCn1ncc(CN(C)C(=O)c2nc(-c3cc(C#N)c4nc[nH]c4c3)nc3ccc(COC)cc23)c1C. The Labute approximate surface area is 213 Å². The third kappa shape index (κ3) is 4.41. The lowest BCUT2D eigenvalue weighted by atomic mass is 10.1. The van der Waals surface area contributed by atoms with Crippen molar-refractivity contribution in [3.8, 4) is 17.5 Å². The molecule has 0 saturated carbocycles. The summed E-state index contributed by atoms with van der Waals surface area (Å²) in [6.45, 7) is 5.58. The number of nitrogens with one attached hydrogen (secondary N) is 1. The van der Waals surface area contributed by atoms with Gasteiger partial charge in [-0.25, -0.2) is 15.0 Å². The van der Waals surface area contributed by atoms with Crippen molar-refractivity contribution in [2.75, 3.05) is 14.2 Å². The summed E-state index contributed by atoms with van der Waals surface area (Å²) >= 11 is 0. The molecule has 0 fully saturated rings. The van der Waals surface area contributed by atoms with Gasteiger partial charge in [0.15, 0.2) is 5.82 Å². The Morgan fingerprint density at radius 2 is 2.08 bits per heavy atom. The summed E-state index contributed by atoms with van der Waals surface area (Å²) in [5.41, 5.74) is 6.11. The molecule has 1 amide bonds. The lowest BCUT2D eigenvalue weighted by Gasteiger charge is -2.18. The van der Waals surface area contributed by atoms with Crippen LogP contribution >= 0.6 is 0 Å². The van der Waals surface area contributed by atoms with Crippen LogP contribution < -0.4 is 0 Å². The van der Waals surface area contributed by atoms with Crippen LogP contribution in [0.2, 0.25) is 0 Å². The summed E-state index contributed by atoms with van der Waals surface area (Å²) in [6, 6.07) is 11.4. The van der Waals surface area contributed by atoms with Crippen molar-refractivity contribution in [1.82, 2.24) is 34.6 Å². The van der Waals surface area contributed by atoms with Crippen LogP contribution in [0.1, 0.15) is 39.8 Å². The Balaban J connectivity index is 1.63. The van der Waals surface area contributed by atoms with Crippen LogP contribution in [0, 0.1) is 18.3 Å². The van der Waals surface area contributed by atoms with Crippen molar-refractivity contribution in [3.63, 3.8) is 0 Å². The zero-order chi connectivity index (χ0) is 26.1. The first kappa shape index (κ1) is 24.1. The first-order valence-electron chi connectivity index (χ1n) is 11.9. The lowest BCUT2D eigenvalue weighted by Crippen LogP contribution is -2.28. The minimum absolute atomic E-state index is 0.241. The molecule has 0 aliphatic carbocycles. The quantitative estimate of drug-likeness (QED) is 0.363. The van der Waals surface area contributed by atoms with Gasteiger partial charge in [-0.15, -0.1) is 0 Å². The summed E-state index contributed by atoms with van der Waals surface area (Å²) in [7, 11) is 3.38. The standard InChI is InChI=1S/C27H26N8O2/c1-5-35-16(2)20(12-31-35)13-34(3)27(36)25-21-8-17(14-37-4)6-7-22(21)32-26(33-25)18-9-19(11-28)24-23(10-18)29-15-30-24/h6-10,12,15H,5,13-14H2,1-4H3,(H,29,30). The molecular weight excluding hydrogens is 468 g/mol. The maximum absolute atomic E-state index is 13.8. The molecule has 186 valence electrons. The van der Waals surface area contributed by atoms with E-state index in [1.807, 2.05) is 42.8 Å². The molecule has 3 aromatic heterocycles. The van der Waals surface area contributed by atoms with Gasteiger partial charge in [0, 0.05) is 49.5 Å². The average molecular weight is 495 g/mol. The average Bonchev–Trinajstić information content (AvgIpc) is 3.53. The minimum Gasteiger partial charge on any atom is -0.380 e. The normalized spacial score (nSPS) is 11.2. The highest BCUT2D eigenvalue weighted by molar-refractivity contribution is 6.05. The molecule has 0 bridgehead atoms. The Hall–Kier alpha value is -4.62. The van der Waals surface area contributed by atoms with Crippen molar-refractivity contribution in [2.45, 2.75) is 33.5 Å². The number of carbonyl (C=O) groups excluding carboxylic acids is 1. The number of nitriles is 1. The molecule has 37 heavy (non-hydrogen) atoms. The highest BCUT2D eigenvalue weighted by Gasteiger charge is 2.22. The monoisotopic (exact) mass is 494 g/mol. The number of ether oxygens (including phenoxy) is 1. The van der Waals surface area contributed by atoms with Crippen LogP contribution in [0.15, 0.2) is 42.9 Å². The number of nitrogens with zero attached hydrogens (tertiary/aromatic N) is 7. The Bertz CT molecular complexity index is 1680. The van der Waals surface area contributed by atoms with E-state index in [-0.39, 0.29) is 11.6 Å². The summed E-state index contributed by atoms with van der Waals surface area (Å²) in [4.78, 5) is 32.2. The third-order valence-electron chi connectivity index (χ3n) is 6.43. The summed E-state index contributed by atoms with van der Waals surface area (Å²) in [6.07, 6.45) is 3.34. The molecule has 0 saturated heterocycles. The smallest absolute Gasteiger partial charge is 0.273 e. The molecule has 0 spiro atoms. The number of benzene rings is 2. The zero-order valence-corrected chi connectivity index (χ0v) is 21.1. The highest BCUT2D eigenvalue weighted by Crippen LogP contribution is 2.28. The zero-order valence-electron chi connectivity index (χ0n) is 21.1. The van der Waals surface area contributed by atoms with Gasteiger partial charge in [-0.3, -0.25) is 9.48 Å². The fourth-order valence-corrected chi connectivity index (χ4v) is 4.46. The van der Waals surface area contributed by atoms with Crippen LogP contribution in [-0.4, -0.2) is 54.7 Å². The highest BCUT2D eigenvalue weighted by atomic mass is 16.5. The Morgan fingerprint density at radius 3 is 2.81 bits per heavy atom. The van der Waals surface area contributed by atoms with Crippen LogP contribution in [0.25, 0.3) is 33.3 Å². The van der Waals surface area contributed by atoms with Crippen molar-refractivity contribution in [2.24, 2.45) is 0 Å². The van der Waals surface area contributed by atoms with Gasteiger partial charge in [0.1, 0.15) is 17.3 Å². The van der Waals surface area contributed by atoms with Crippen LogP contribution in [0.5, 0.6) is 0 Å². The number of carbonyl (C=O) groups is 1. The van der Waals surface area contributed by atoms with Gasteiger partial charge in [0.2, 0.25) is 0 Å². The maximum atomic E-state index is 13.8. The van der Waals surface area contributed by atoms with E-state index in [0.29, 0.717) is 52.0 Å². The first-order chi connectivity index (χ1) is 17.9. The minimum atomic E-state index is -0.241. The van der Waals surface area contributed by atoms with Crippen LogP contribution in [0.4, 0.5) is 0 Å². The Kier molecular flexibility index (Phi) is 6.38. The summed E-state index contributed by atoms with van der Waals surface area (Å²) < 4.78 is 7.20. The predicted octanol–water partition coefficient (Wildman–Crippen LogP) is 3.99. The van der Waals surface area contributed by atoms with E-state index in [9.17, 15) is 10.1 Å².